The van der Waals surface area contributed by atoms with Crippen LogP contribution in [0.1, 0.15) is 5.69 Å². The number of aromatic nitrogens is 1. The van der Waals surface area contributed by atoms with Crippen molar-refractivity contribution in [3.63, 3.8) is 0 Å². The van der Waals surface area contributed by atoms with Crippen LogP contribution in [0.3, 0.4) is 0 Å². The summed E-state index contributed by atoms with van der Waals surface area (Å²) in [5.41, 5.74) is 2.43. The van der Waals surface area contributed by atoms with E-state index in [9.17, 15) is 0 Å². The molecular weight excluding hydrogens is 188 g/mol. The van der Waals surface area contributed by atoms with Crippen molar-refractivity contribution >= 4 is 10.9 Å². The molecule has 0 aliphatic rings. The highest BCUT2D eigenvalue weighted by Crippen LogP contribution is 2.14. The second-order valence-corrected chi connectivity index (χ2v) is 3.61. The van der Waals surface area contributed by atoms with Crippen molar-refractivity contribution in [1.29, 1.82) is 0 Å². The SMILES string of the molecule is OCCNCCc1cc2ccccc2[nH]1. The van der Waals surface area contributed by atoms with Crippen molar-refractivity contribution in [1.82, 2.24) is 10.3 Å². The van der Waals surface area contributed by atoms with E-state index in [0.29, 0.717) is 6.54 Å². The minimum atomic E-state index is 0.201. The topological polar surface area (TPSA) is 48.0 Å². The molecule has 3 heteroatoms. The molecular formula is C12H16N2O. The molecule has 0 radical (unpaired) electrons. The summed E-state index contributed by atoms with van der Waals surface area (Å²) in [7, 11) is 0. The lowest BCUT2D eigenvalue weighted by molar-refractivity contribution is 0.292. The molecule has 3 nitrogen and oxygen atoms in total. The zero-order valence-electron chi connectivity index (χ0n) is 8.66. The van der Waals surface area contributed by atoms with Crippen LogP contribution in [-0.4, -0.2) is 29.8 Å². The first-order valence-corrected chi connectivity index (χ1v) is 5.28. The zero-order chi connectivity index (χ0) is 10.5. The lowest BCUT2D eigenvalue weighted by Crippen LogP contribution is -2.20. The van der Waals surface area contributed by atoms with Crippen LogP contribution < -0.4 is 5.32 Å². The Hall–Kier alpha value is -1.32. The number of hydrogen-bond donors (Lipinski definition) is 3. The van der Waals surface area contributed by atoms with E-state index in [0.717, 1.165) is 13.0 Å². The first kappa shape index (κ1) is 10.2. The Morgan fingerprint density at radius 3 is 2.87 bits per heavy atom. The second-order valence-electron chi connectivity index (χ2n) is 3.61. The molecule has 0 aliphatic heterocycles. The number of benzene rings is 1. The van der Waals surface area contributed by atoms with E-state index in [-0.39, 0.29) is 6.61 Å². The van der Waals surface area contributed by atoms with Gasteiger partial charge in [0.05, 0.1) is 6.61 Å². The third kappa shape index (κ3) is 2.58. The predicted molar refractivity (Wildman–Crippen MR) is 62.0 cm³/mol. The fraction of sp³-hybridized carbons (Fsp3) is 0.333. The highest BCUT2D eigenvalue weighted by atomic mass is 16.3. The number of fused-ring (bicyclic) bond motifs is 1. The van der Waals surface area contributed by atoms with E-state index in [2.05, 4.69) is 28.5 Å². The Balaban J connectivity index is 1.97. The van der Waals surface area contributed by atoms with E-state index in [1.165, 1.54) is 16.6 Å². The summed E-state index contributed by atoms with van der Waals surface area (Å²) in [5, 5.41) is 13.0. The first-order chi connectivity index (χ1) is 7.40. The van der Waals surface area contributed by atoms with Crippen LogP contribution in [0, 0.1) is 0 Å². The molecule has 0 spiro atoms. The van der Waals surface area contributed by atoms with Crippen LogP contribution in [0.4, 0.5) is 0 Å². The van der Waals surface area contributed by atoms with Crippen LogP contribution in [0.5, 0.6) is 0 Å². The lowest BCUT2D eigenvalue weighted by Gasteiger charge is -1.99. The Morgan fingerprint density at radius 2 is 2.07 bits per heavy atom. The molecule has 0 bridgehead atoms. The molecule has 3 N–H and O–H groups in total. The summed E-state index contributed by atoms with van der Waals surface area (Å²) in [4.78, 5) is 3.37. The van der Waals surface area contributed by atoms with Crippen LogP contribution >= 0.6 is 0 Å². The van der Waals surface area contributed by atoms with Gasteiger partial charge in [-0.3, -0.25) is 0 Å². The molecule has 0 aliphatic carbocycles. The van der Waals surface area contributed by atoms with Gasteiger partial charge in [0.25, 0.3) is 0 Å². The predicted octanol–water partition coefficient (Wildman–Crippen LogP) is 1.29. The largest absolute Gasteiger partial charge is 0.395 e. The Bertz CT molecular complexity index is 389. The van der Waals surface area contributed by atoms with E-state index in [1.54, 1.807) is 0 Å². The normalized spacial score (nSPS) is 11.0. The van der Waals surface area contributed by atoms with Gasteiger partial charge in [0.1, 0.15) is 0 Å². The van der Waals surface area contributed by atoms with Gasteiger partial charge in [-0.05, 0) is 23.9 Å². The van der Waals surface area contributed by atoms with Crippen molar-refractivity contribution in [3.05, 3.63) is 36.0 Å². The zero-order valence-corrected chi connectivity index (χ0v) is 8.66. The molecule has 0 atom stereocenters. The summed E-state index contributed by atoms with van der Waals surface area (Å²) >= 11 is 0. The maximum atomic E-state index is 8.61. The molecule has 0 amide bonds. The van der Waals surface area contributed by atoms with Crippen molar-refractivity contribution in [3.8, 4) is 0 Å². The molecule has 2 rings (SSSR count). The van der Waals surface area contributed by atoms with E-state index in [1.807, 2.05) is 12.1 Å². The van der Waals surface area contributed by atoms with Crippen LogP contribution in [-0.2, 0) is 6.42 Å². The number of rotatable bonds is 5. The van der Waals surface area contributed by atoms with Gasteiger partial charge in [-0.1, -0.05) is 18.2 Å². The summed E-state index contributed by atoms with van der Waals surface area (Å²) in [6, 6.07) is 10.4. The highest BCUT2D eigenvalue weighted by Gasteiger charge is 1.98. The number of aliphatic hydroxyl groups excluding tert-OH is 1. The van der Waals surface area contributed by atoms with E-state index in [4.69, 9.17) is 5.11 Å². The molecule has 1 aromatic heterocycles. The minimum Gasteiger partial charge on any atom is -0.395 e. The average molecular weight is 204 g/mol. The minimum absolute atomic E-state index is 0.201. The monoisotopic (exact) mass is 204 g/mol. The quantitative estimate of drug-likeness (QED) is 0.643. The van der Waals surface area contributed by atoms with E-state index >= 15 is 0 Å². The molecule has 0 saturated carbocycles. The summed E-state index contributed by atoms with van der Waals surface area (Å²) in [6.45, 7) is 1.76. The summed E-state index contributed by atoms with van der Waals surface area (Å²) in [6.07, 6.45) is 0.967. The van der Waals surface area contributed by atoms with Gasteiger partial charge < -0.3 is 15.4 Å². The van der Waals surface area contributed by atoms with Gasteiger partial charge in [0.2, 0.25) is 0 Å². The Kier molecular flexibility index (Phi) is 3.37. The third-order valence-electron chi connectivity index (χ3n) is 2.45. The standard InChI is InChI=1S/C12H16N2O/c15-8-7-13-6-5-11-9-10-3-1-2-4-12(10)14-11/h1-4,9,13-15H,5-8H2. The molecule has 80 valence electrons. The van der Waals surface area contributed by atoms with Gasteiger partial charge in [0, 0.05) is 24.3 Å². The molecule has 2 aromatic rings. The number of aromatic amines is 1. The number of aliphatic hydroxyl groups is 1. The first-order valence-electron chi connectivity index (χ1n) is 5.28. The highest BCUT2D eigenvalue weighted by molar-refractivity contribution is 5.80. The number of H-pyrrole nitrogens is 1. The fourth-order valence-corrected chi connectivity index (χ4v) is 1.70. The molecule has 1 heterocycles. The molecule has 0 saturated heterocycles. The fourth-order valence-electron chi connectivity index (χ4n) is 1.70. The summed E-state index contributed by atoms with van der Waals surface area (Å²) in [5.74, 6) is 0. The van der Waals surface area contributed by atoms with Crippen molar-refractivity contribution < 1.29 is 5.11 Å². The van der Waals surface area contributed by atoms with Gasteiger partial charge >= 0.3 is 0 Å². The van der Waals surface area contributed by atoms with Gasteiger partial charge in [0.15, 0.2) is 0 Å². The maximum Gasteiger partial charge on any atom is 0.0555 e. The second kappa shape index (κ2) is 4.96. The molecule has 0 fully saturated rings. The number of para-hydroxylation sites is 1. The molecule has 15 heavy (non-hydrogen) atoms. The van der Waals surface area contributed by atoms with Gasteiger partial charge in [-0.25, -0.2) is 0 Å². The maximum absolute atomic E-state index is 8.61. The van der Waals surface area contributed by atoms with Crippen molar-refractivity contribution in [2.75, 3.05) is 19.7 Å². The number of nitrogens with one attached hydrogen (secondary N) is 2. The Labute approximate surface area is 89.1 Å². The van der Waals surface area contributed by atoms with Crippen molar-refractivity contribution in [2.24, 2.45) is 0 Å². The number of hydrogen-bond acceptors (Lipinski definition) is 2. The van der Waals surface area contributed by atoms with Crippen LogP contribution in [0.2, 0.25) is 0 Å². The van der Waals surface area contributed by atoms with Crippen molar-refractivity contribution in [2.45, 2.75) is 6.42 Å². The van der Waals surface area contributed by atoms with E-state index < -0.39 is 0 Å². The van der Waals surface area contributed by atoms with Gasteiger partial charge in [-0.15, -0.1) is 0 Å². The lowest BCUT2D eigenvalue weighted by atomic mass is 10.2. The molecule has 1 aromatic carbocycles. The van der Waals surface area contributed by atoms with Gasteiger partial charge in [-0.2, -0.15) is 0 Å². The smallest absolute Gasteiger partial charge is 0.0555 e. The third-order valence-corrected chi connectivity index (χ3v) is 2.45. The summed E-state index contributed by atoms with van der Waals surface area (Å²) < 4.78 is 0. The van der Waals surface area contributed by atoms with Crippen LogP contribution in [0.25, 0.3) is 10.9 Å². The average Bonchev–Trinajstić information content (AvgIpc) is 2.67. The van der Waals surface area contributed by atoms with Crippen LogP contribution in [0.15, 0.2) is 30.3 Å². The molecule has 0 unspecified atom stereocenters. The Morgan fingerprint density at radius 1 is 1.20 bits per heavy atom.